The van der Waals surface area contributed by atoms with Crippen LogP contribution in [0.25, 0.3) is 33.5 Å². The van der Waals surface area contributed by atoms with Gasteiger partial charge in [0.1, 0.15) is 30.7 Å². The maximum absolute atomic E-state index is 13.9. The number of carbonyl (C=O) groups is 2. The Hall–Kier alpha value is -4.17. The minimum Gasteiger partial charge on any atom is -0.489 e. The number of fused-ring (bicyclic) bond motifs is 3. The van der Waals surface area contributed by atoms with E-state index in [9.17, 15) is 22.4 Å². The topological polar surface area (TPSA) is 134 Å². The van der Waals surface area contributed by atoms with E-state index >= 15 is 0 Å². The highest BCUT2D eigenvalue weighted by molar-refractivity contribution is 7.86. The van der Waals surface area contributed by atoms with E-state index in [-0.39, 0.29) is 19.1 Å². The van der Waals surface area contributed by atoms with Crippen molar-refractivity contribution in [1.29, 1.82) is 0 Å². The summed E-state index contributed by atoms with van der Waals surface area (Å²) in [5, 5.41) is 3.51. The maximum Gasteiger partial charge on any atom is 0.408 e. The van der Waals surface area contributed by atoms with Gasteiger partial charge in [-0.3, -0.25) is 8.98 Å². The lowest BCUT2D eigenvalue weighted by Crippen LogP contribution is -2.50. The molecule has 0 bridgehead atoms. The van der Waals surface area contributed by atoms with Gasteiger partial charge in [-0.1, -0.05) is 12.1 Å². The zero-order valence-electron chi connectivity index (χ0n) is 28.8. The number of rotatable bonds is 12. The fraction of sp³-hybridized carbons (Fsp3) is 0.514. The number of aromatic nitrogens is 3. The van der Waals surface area contributed by atoms with Crippen molar-refractivity contribution < 1.29 is 36.1 Å². The molecule has 2 aromatic heterocycles. The monoisotopic (exact) mass is 697 g/mol. The number of carbonyl (C=O) groups excluding carboxylic acids is 2. The van der Waals surface area contributed by atoms with E-state index in [1.807, 2.05) is 35.9 Å². The number of alkyl carbamates (subject to hydrolysis) is 1. The van der Waals surface area contributed by atoms with Gasteiger partial charge in [-0.05, 0) is 82.7 Å². The molecule has 1 fully saturated rings. The highest BCUT2D eigenvalue weighted by atomic mass is 32.2. The number of alkyl halides is 1. The molecular weight excluding hydrogens is 653 g/mol. The Morgan fingerprint density at radius 3 is 2.61 bits per heavy atom. The zero-order valence-corrected chi connectivity index (χ0v) is 29.6. The number of hydrogen-bond acceptors (Lipinski definition) is 8. The van der Waals surface area contributed by atoms with Crippen LogP contribution in [0.1, 0.15) is 56.5 Å². The van der Waals surface area contributed by atoms with E-state index in [1.54, 1.807) is 38.7 Å². The van der Waals surface area contributed by atoms with E-state index < -0.39 is 40.6 Å². The number of imidazole rings is 1. The van der Waals surface area contributed by atoms with E-state index in [4.69, 9.17) is 18.6 Å². The van der Waals surface area contributed by atoms with Crippen molar-refractivity contribution in [3.63, 3.8) is 0 Å². The predicted octanol–water partition coefficient (Wildman–Crippen LogP) is 5.21. The van der Waals surface area contributed by atoms with E-state index in [0.29, 0.717) is 35.7 Å². The van der Waals surface area contributed by atoms with Crippen molar-refractivity contribution in [2.24, 2.45) is 13.0 Å². The summed E-state index contributed by atoms with van der Waals surface area (Å²) in [5.74, 6) is 1.65. The summed E-state index contributed by atoms with van der Waals surface area (Å²) in [6.45, 7) is 7.24. The van der Waals surface area contributed by atoms with Crippen LogP contribution < -0.4 is 10.1 Å². The second kappa shape index (κ2) is 13.3. The Labute approximate surface area is 285 Å². The predicted molar refractivity (Wildman–Crippen MR) is 184 cm³/mol. The normalized spacial score (nSPS) is 16.6. The van der Waals surface area contributed by atoms with Crippen LogP contribution in [-0.4, -0.2) is 89.8 Å². The number of nitrogens with one attached hydrogen (secondary N) is 1. The number of ether oxygens (including phenoxy) is 2. The molecule has 264 valence electrons. The van der Waals surface area contributed by atoms with Gasteiger partial charge in [0.2, 0.25) is 0 Å². The summed E-state index contributed by atoms with van der Waals surface area (Å²) in [5.41, 5.74) is 4.02. The molecule has 0 spiro atoms. The third-order valence-corrected chi connectivity index (χ3v) is 9.36. The number of amides is 2. The maximum atomic E-state index is 13.9. The summed E-state index contributed by atoms with van der Waals surface area (Å²) in [7, 11) is -1.66. The van der Waals surface area contributed by atoms with Gasteiger partial charge >= 0.3 is 6.09 Å². The fourth-order valence-electron chi connectivity index (χ4n) is 6.36. The molecule has 2 aliphatic rings. The molecule has 6 rings (SSSR count). The lowest BCUT2D eigenvalue weighted by Gasteiger charge is -2.31. The van der Waals surface area contributed by atoms with Crippen LogP contribution in [0.15, 0.2) is 36.4 Å². The molecule has 0 radical (unpaired) electrons. The summed E-state index contributed by atoms with van der Waals surface area (Å²) < 4.78 is 57.9. The molecule has 2 atom stereocenters. The molecule has 1 aliphatic heterocycles. The van der Waals surface area contributed by atoms with Crippen molar-refractivity contribution in [2.75, 3.05) is 32.6 Å². The van der Waals surface area contributed by atoms with Gasteiger partial charge in [-0.25, -0.2) is 14.2 Å². The van der Waals surface area contributed by atoms with E-state index in [2.05, 4.69) is 16.0 Å². The van der Waals surface area contributed by atoms with Crippen LogP contribution in [-0.2, 0) is 39.1 Å². The first-order chi connectivity index (χ1) is 23.1. The molecule has 2 unspecified atom stereocenters. The van der Waals surface area contributed by atoms with Crippen molar-refractivity contribution in [3.8, 4) is 17.3 Å². The van der Waals surface area contributed by atoms with Crippen LogP contribution in [0.3, 0.4) is 0 Å². The Morgan fingerprint density at radius 2 is 1.94 bits per heavy atom. The number of halogens is 1. The summed E-state index contributed by atoms with van der Waals surface area (Å²) in [4.78, 5) is 32.5. The number of aryl methyl sites for hydroxylation is 1. The van der Waals surface area contributed by atoms with Gasteiger partial charge in [0, 0.05) is 37.6 Å². The van der Waals surface area contributed by atoms with Gasteiger partial charge in [-0.2, -0.15) is 8.42 Å². The average molecular weight is 698 g/mol. The minimum absolute atomic E-state index is 0.0182. The number of benzene rings is 2. The molecule has 2 aromatic carbocycles. The number of nitrogens with zero attached hydrogens (tertiary/aromatic N) is 4. The molecule has 3 heterocycles. The van der Waals surface area contributed by atoms with Crippen molar-refractivity contribution in [3.05, 3.63) is 47.5 Å². The first-order valence-corrected chi connectivity index (χ1v) is 18.4. The highest BCUT2D eigenvalue weighted by Gasteiger charge is 2.31. The molecule has 49 heavy (non-hydrogen) atoms. The molecule has 2 amide bonds. The van der Waals surface area contributed by atoms with Crippen LogP contribution in [0.5, 0.6) is 5.75 Å². The largest absolute Gasteiger partial charge is 0.489 e. The molecule has 14 heteroatoms. The second-order valence-corrected chi connectivity index (χ2v) is 15.8. The molecular formula is C35H44FN5O7S. The van der Waals surface area contributed by atoms with Crippen LogP contribution in [0, 0.1) is 5.92 Å². The highest BCUT2D eigenvalue weighted by Crippen LogP contribution is 2.39. The smallest absolute Gasteiger partial charge is 0.408 e. The van der Waals surface area contributed by atoms with Crippen LogP contribution in [0.2, 0.25) is 0 Å². The Balaban J connectivity index is 1.30. The minimum atomic E-state index is -3.62. The third kappa shape index (κ3) is 7.85. The van der Waals surface area contributed by atoms with Crippen molar-refractivity contribution in [1.82, 2.24) is 24.3 Å². The Bertz CT molecular complexity index is 2010. The summed E-state index contributed by atoms with van der Waals surface area (Å²) in [6.07, 6.45) is 2.47. The van der Waals surface area contributed by atoms with Crippen molar-refractivity contribution >= 4 is 44.1 Å². The van der Waals surface area contributed by atoms with Crippen LogP contribution in [0.4, 0.5) is 9.18 Å². The second-order valence-electron chi connectivity index (χ2n) is 14.2. The first kappa shape index (κ1) is 34.7. The van der Waals surface area contributed by atoms with Gasteiger partial charge in [0.05, 0.1) is 34.5 Å². The van der Waals surface area contributed by atoms with Gasteiger partial charge in [0.15, 0.2) is 5.82 Å². The van der Waals surface area contributed by atoms with Gasteiger partial charge in [0.25, 0.3) is 16.0 Å². The molecule has 1 saturated carbocycles. The zero-order chi connectivity index (χ0) is 35.2. The molecule has 0 saturated heterocycles. The fourth-order valence-corrected chi connectivity index (χ4v) is 7.02. The molecule has 1 aliphatic carbocycles. The van der Waals surface area contributed by atoms with Crippen LogP contribution >= 0.6 is 0 Å². The van der Waals surface area contributed by atoms with E-state index in [0.717, 1.165) is 59.1 Å². The first-order valence-electron chi connectivity index (χ1n) is 16.6. The standard InChI is InChI=1S/C35H44FN5O7S/c1-21(48-49(6,44)45)20-46-30-9-7-8-24-15-29(41(31(24)30)18-22-10-11-22)32-38-27-16-26-23(14-28(27)39(32)5)12-13-40(33(26)42)19-25(17-36)37-34(43)47-35(2,3)4/h7-9,14-16,21-22,25H,10-13,17-20H2,1-6H3,(H,37,43). The van der Waals surface area contributed by atoms with Gasteiger partial charge in [-0.15, -0.1) is 0 Å². The quantitative estimate of drug-likeness (QED) is 0.200. The number of para-hydroxylation sites is 1. The van der Waals surface area contributed by atoms with Crippen molar-refractivity contribution in [2.45, 2.75) is 71.2 Å². The third-order valence-electron chi connectivity index (χ3n) is 8.68. The Kier molecular flexibility index (Phi) is 9.40. The Morgan fingerprint density at radius 1 is 1.18 bits per heavy atom. The lowest BCUT2D eigenvalue weighted by molar-refractivity contribution is 0.0466. The lowest BCUT2D eigenvalue weighted by atomic mass is 9.97. The summed E-state index contributed by atoms with van der Waals surface area (Å²) in [6, 6.07) is 10.8. The molecule has 1 N–H and O–H groups in total. The van der Waals surface area contributed by atoms with Gasteiger partial charge < -0.3 is 28.8 Å². The number of hydrogen-bond donors (Lipinski definition) is 1. The molecule has 12 nitrogen and oxygen atoms in total. The summed E-state index contributed by atoms with van der Waals surface area (Å²) >= 11 is 0. The average Bonchev–Trinajstić information content (AvgIpc) is 3.68. The molecule has 4 aromatic rings. The van der Waals surface area contributed by atoms with E-state index in [1.165, 1.54) is 0 Å². The SMILES string of the molecule is CC(COc1cccc2cc(-c3nc4cc5c(cc4n3C)CCN(CC(CF)NC(=O)OC(C)(C)C)C5=O)n(CC3CC3)c12)OS(C)(=O)=O.